The lowest BCUT2D eigenvalue weighted by atomic mass is 9.76. The second-order valence-corrected chi connectivity index (χ2v) is 14.0. The predicted molar refractivity (Wildman–Crippen MR) is 190 cm³/mol. The van der Waals surface area contributed by atoms with E-state index in [0.717, 1.165) is 84.2 Å². The number of amides is 2. The van der Waals surface area contributed by atoms with Crippen molar-refractivity contribution >= 4 is 6.03 Å². The molecule has 0 unspecified atom stereocenters. The Morgan fingerprint density at radius 1 is 0.837 bits per heavy atom. The molecule has 4 heterocycles. The van der Waals surface area contributed by atoms with Gasteiger partial charge in [0.1, 0.15) is 17.2 Å². The number of methoxy groups -OCH3 is 3. The molecule has 0 bridgehead atoms. The SMILES string of the molecule is CCc1cc2c(c(OC)c1)C(C)(C)C=C1N(C2)C(=O)N(Cc2ccc(-n3cccn3)cc2)C12CCN(Cc1cc(OC)cc(OC)c1)CC2. The zero-order valence-electron chi connectivity index (χ0n) is 29.5. The molecule has 9 heteroatoms. The fourth-order valence-electron chi connectivity index (χ4n) is 8.13. The minimum atomic E-state index is -0.444. The fourth-order valence-corrected chi connectivity index (χ4v) is 8.13. The van der Waals surface area contributed by atoms with Crippen LogP contribution in [0, 0.1) is 0 Å². The van der Waals surface area contributed by atoms with Gasteiger partial charge in [0.15, 0.2) is 0 Å². The molecule has 2 fully saturated rings. The zero-order chi connectivity index (χ0) is 34.3. The van der Waals surface area contributed by atoms with E-state index in [0.29, 0.717) is 13.1 Å². The van der Waals surface area contributed by atoms with Crippen LogP contribution < -0.4 is 14.2 Å². The second kappa shape index (κ2) is 12.9. The summed E-state index contributed by atoms with van der Waals surface area (Å²) in [4.78, 5) is 21.5. The number of aromatic nitrogens is 2. The smallest absolute Gasteiger partial charge is 0.325 e. The number of aryl methyl sites for hydroxylation is 1. The summed E-state index contributed by atoms with van der Waals surface area (Å²) in [5, 5.41) is 4.38. The van der Waals surface area contributed by atoms with Crippen LogP contribution in [0.15, 0.2) is 84.8 Å². The Hall–Kier alpha value is -4.76. The number of urea groups is 1. The molecule has 0 N–H and O–H groups in total. The van der Waals surface area contributed by atoms with E-state index in [1.807, 2.05) is 23.0 Å². The minimum Gasteiger partial charge on any atom is -0.497 e. The highest BCUT2D eigenvalue weighted by atomic mass is 16.5. The monoisotopic (exact) mass is 661 g/mol. The summed E-state index contributed by atoms with van der Waals surface area (Å²) in [6, 6.07) is 20.9. The van der Waals surface area contributed by atoms with Crippen molar-refractivity contribution < 1.29 is 19.0 Å². The van der Waals surface area contributed by atoms with Crippen LogP contribution in [0.5, 0.6) is 17.2 Å². The fraction of sp³-hybridized carbons (Fsp3) is 0.400. The Labute approximate surface area is 289 Å². The second-order valence-electron chi connectivity index (χ2n) is 14.0. The number of fused-ring (bicyclic) bond motifs is 3. The number of likely N-dealkylation sites (tertiary alicyclic amines) is 1. The standard InChI is InChI=1S/C40H47N5O4/c1-7-28-19-31-27-43-36(24-39(2,3)37(31)35(22-28)49-6)40(13-17-42(18-14-40)25-30-20-33(47-4)23-34(21-30)48-5)44(38(43)46)26-29-9-11-32(12-10-29)45-16-8-15-41-45/h8-12,15-16,19-24H,7,13-14,17-18,25-27H2,1-6H3. The van der Waals surface area contributed by atoms with Gasteiger partial charge in [-0.2, -0.15) is 5.10 Å². The number of allylic oxidation sites excluding steroid dienone is 1. The number of nitrogens with zero attached hydrogens (tertiary/aromatic N) is 5. The van der Waals surface area contributed by atoms with Crippen LogP contribution in [0.3, 0.4) is 0 Å². The lowest BCUT2D eigenvalue weighted by Crippen LogP contribution is -2.53. The summed E-state index contributed by atoms with van der Waals surface area (Å²) >= 11 is 0. The summed E-state index contributed by atoms with van der Waals surface area (Å²) in [7, 11) is 5.12. The molecule has 0 aliphatic carbocycles. The number of hydrogen-bond donors (Lipinski definition) is 0. The first-order chi connectivity index (χ1) is 23.7. The minimum absolute atomic E-state index is 0.0675. The van der Waals surface area contributed by atoms with E-state index in [4.69, 9.17) is 14.2 Å². The van der Waals surface area contributed by atoms with E-state index < -0.39 is 5.54 Å². The van der Waals surface area contributed by atoms with Crippen molar-refractivity contribution in [2.75, 3.05) is 34.4 Å². The molecule has 9 nitrogen and oxygen atoms in total. The Kier molecular flexibility index (Phi) is 8.65. The third-order valence-electron chi connectivity index (χ3n) is 10.6. The quantitative estimate of drug-likeness (QED) is 0.191. The van der Waals surface area contributed by atoms with Crippen molar-refractivity contribution in [3.05, 3.63) is 113 Å². The summed E-state index contributed by atoms with van der Waals surface area (Å²) in [5.74, 6) is 2.48. The van der Waals surface area contributed by atoms with E-state index in [2.05, 4.69) is 95.2 Å². The molecule has 4 aromatic rings. The molecule has 2 saturated heterocycles. The average molecular weight is 662 g/mol. The lowest BCUT2D eigenvalue weighted by molar-refractivity contribution is 0.0813. The molecule has 7 rings (SSSR count). The Balaban J connectivity index is 1.25. The molecule has 2 amide bonds. The van der Waals surface area contributed by atoms with Gasteiger partial charge in [-0.1, -0.05) is 45.0 Å². The maximum Gasteiger partial charge on any atom is 0.325 e. The first-order valence-electron chi connectivity index (χ1n) is 17.2. The van der Waals surface area contributed by atoms with Crippen LogP contribution in [0.1, 0.15) is 61.4 Å². The van der Waals surface area contributed by atoms with E-state index >= 15 is 0 Å². The first kappa shape index (κ1) is 32.8. The highest BCUT2D eigenvalue weighted by Crippen LogP contribution is 2.51. The number of rotatable bonds is 9. The highest BCUT2D eigenvalue weighted by molar-refractivity contribution is 5.83. The number of ether oxygens (including phenoxy) is 3. The number of carbonyl (C=O) groups excluding carboxylic acids is 1. The maximum absolute atomic E-state index is 14.8. The molecule has 1 aromatic heterocycles. The van der Waals surface area contributed by atoms with E-state index in [1.165, 1.54) is 11.1 Å². The average Bonchev–Trinajstić information content (AvgIpc) is 3.69. The van der Waals surface area contributed by atoms with Crippen LogP contribution in [-0.2, 0) is 31.5 Å². The molecule has 0 atom stereocenters. The molecule has 49 heavy (non-hydrogen) atoms. The summed E-state index contributed by atoms with van der Waals surface area (Å²) < 4.78 is 19.0. The summed E-state index contributed by atoms with van der Waals surface area (Å²) in [6.45, 7) is 10.2. The highest BCUT2D eigenvalue weighted by Gasteiger charge is 2.56. The van der Waals surface area contributed by atoms with Gasteiger partial charge < -0.3 is 19.1 Å². The van der Waals surface area contributed by atoms with Crippen molar-refractivity contribution in [3.63, 3.8) is 0 Å². The first-order valence-corrected chi connectivity index (χ1v) is 17.2. The van der Waals surface area contributed by atoms with Crippen LogP contribution in [-0.4, -0.2) is 70.5 Å². The Morgan fingerprint density at radius 3 is 2.16 bits per heavy atom. The van der Waals surface area contributed by atoms with E-state index in [9.17, 15) is 4.79 Å². The van der Waals surface area contributed by atoms with E-state index in [-0.39, 0.29) is 11.4 Å². The normalized spacial score (nSPS) is 18.2. The third kappa shape index (κ3) is 5.94. The van der Waals surface area contributed by atoms with Gasteiger partial charge in [-0.15, -0.1) is 0 Å². The number of benzene rings is 3. The molecule has 1 spiro atoms. The van der Waals surface area contributed by atoms with Gasteiger partial charge in [0.2, 0.25) is 0 Å². The molecule has 0 radical (unpaired) electrons. The van der Waals surface area contributed by atoms with Gasteiger partial charge in [0.05, 0.1) is 39.1 Å². The molecule has 256 valence electrons. The van der Waals surface area contributed by atoms with Crippen LogP contribution in [0.25, 0.3) is 5.69 Å². The molecule has 3 aromatic carbocycles. The Bertz CT molecular complexity index is 1830. The van der Waals surface area contributed by atoms with Gasteiger partial charge >= 0.3 is 6.03 Å². The number of carbonyl (C=O) groups is 1. The maximum atomic E-state index is 14.8. The molecule has 3 aliphatic rings. The topological polar surface area (TPSA) is 72.3 Å². The molecular formula is C40H47N5O4. The number of piperidine rings is 1. The van der Waals surface area contributed by atoms with Gasteiger partial charge in [0, 0.05) is 61.3 Å². The van der Waals surface area contributed by atoms with Crippen molar-refractivity contribution in [2.45, 2.75) is 70.6 Å². The van der Waals surface area contributed by atoms with Crippen LogP contribution in [0.2, 0.25) is 0 Å². The largest absolute Gasteiger partial charge is 0.497 e. The van der Waals surface area contributed by atoms with Crippen molar-refractivity contribution in [3.8, 4) is 22.9 Å². The van der Waals surface area contributed by atoms with Crippen molar-refractivity contribution in [1.29, 1.82) is 0 Å². The van der Waals surface area contributed by atoms with E-state index in [1.54, 1.807) is 27.5 Å². The van der Waals surface area contributed by atoms with Gasteiger partial charge in [-0.25, -0.2) is 9.48 Å². The van der Waals surface area contributed by atoms with Gasteiger partial charge in [-0.05, 0) is 77.9 Å². The lowest BCUT2D eigenvalue weighted by Gasteiger charge is -2.45. The molecule has 0 saturated carbocycles. The molecule has 3 aliphatic heterocycles. The third-order valence-corrected chi connectivity index (χ3v) is 10.6. The van der Waals surface area contributed by atoms with Crippen LogP contribution >= 0.6 is 0 Å². The summed E-state index contributed by atoms with van der Waals surface area (Å²) in [5.41, 5.74) is 7.11. The Morgan fingerprint density at radius 2 is 1.55 bits per heavy atom. The van der Waals surface area contributed by atoms with Crippen molar-refractivity contribution in [1.82, 2.24) is 24.5 Å². The molecular weight excluding hydrogens is 614 g/mol. The van der Waals surface area contributed by atoms with Crippen molar-refractivity contribution in [2.24, 2.45) is 0 Å². The van der Waals surface area contributed by atoms with Gasteiger partial charge in [-0.3, -0.25) is 9.80 Å². The predicted octanol–water partition coefficient (Wildman–Crippen LogP) is 7.11. The number of hydrogen-bond acceptors (Lipinski definition) is 6. The van der Waals surface area contributed by atoms with Crippen LogP contribution in [0.4, 0.5) is 4.79 Å². The van der Waals surface area contributed by atoms with Gasteiger partial charge in [0.25, 0.3) is 0 Å². The zero-order valence-corrected chi connectivity index (χ0v) is 29.5. The summed E-state index contributed by atoms with van der Waals surface area (Å²) in [6.07, 6.45) is 8.65.